The molecule has 8 nitrogen and oxygen atoms in total. The van der Waals surface area contributed by atoms with E-state index in [4.69, 9.17) is 26.2 Å². The van der Waals surface area contributed by atoms with E-state index in [0.29, 0.717) is 5.82 Å². The lowest BCUT2D eigenvalue weighted by Gasteiger charge is -2.30. The minimum atomic E-state index is 0. The van der Waals surface area contributed by atoms with E-state index < -0.39 is 0 Å². The van der Waals surface area contributed by atoms with Crippen LogP contribution >= 0.6 is 37.2 Å². The van der Waals surface area contributed by atoms with Gasteiger partial charge >= 0.3 is 0 Å². The van der Waals surface area contributed by atoms with Gasteiger partial charge < -0.3 is 21.5 Å². The molecule has 0 amide bonds. The van der Waals surface area contributed by atoms with Crippen LogP contribution in [0, 0.1) is 0 Å². The SMILES string of the molecule is COc1ccc2nc(/C=C\c3ccccn3)nc(N[C@@H]3CCCC[C@@H]3N=C(N)N)c2c1.Cl.Cl.Cl. The van der Waals surface area contributed by atoms with Crippen LogP contribution in [0.2, 0.25) is 0 Å². The van der Waals surface area contributed by atoms with Gasteiger partial charge in [-0.2, -0.15) is 0 Å². The number of methoxy groups -OCH3 is 1. The van der Waals surface area contributed by atoms with Crippen LogP contribution in [0.4, 0.5) is 5.82 Å². The lowest BCUT2D eigenvalue weighted by molar-refractivity contribution is 0.405. The Hall–Kier alpha value is -2.81. The van der Waals surface area contributed by atoms with Crippen molar-refractivity contribution >= 4 is 72.1 Å². The Morgan fingerprint density at radius 3 is 2.56 bits per heavy atom. The van der Waals surface area contributed by atoms with Crippen LogP contribution in [0.25, 0.3) is 23.1 Å². The van der Waals surface area contributed by atoms with Gasteiger partial charge in [-0.05, 0) is 55.3 Å². The van der Waals surface area contributed by atoms with E-state index in [1.165, 1.54) is 0 Å². The van der Waals surface area contributed by atoms with Gasteiger partial charge in [0.1, 0.15) is 11.6 Å². The molecule has 1 aliphatic carbocycles. The van der Waals surface area contributed by atoms with Crippen molar-refractivity contribution in [2.45, 2.75) is 37.8 Å². The number of fused-ring (bicyclic) bond motifs is 1. The van der Waals surface area contributed by atoms with E-state index in [1.807, 2.05) is 48.6 Å². The first-order valence-electron chi connectivity index (χ1n) is 10.4. The van der Waals surface area contributed by atoms with Gasteiger partial charge in [-0.1, -0.05) is 18.9 Å². The lowest BCUT2D eigenvalue weighted by atomic mass is 9.90. The molecule has 0 radical (unpaired) electrons. The van der Waals surface area contributed by atoms with E-state index in [9.17, 15) is 0 Å². The molecule has 0 bridgehead atoms. The summed E-state index contributed by atoms with van der Waals surface area (Å²) in [6.45, 7) is 0. The fourth-order valence-electron chi connectivity index (χ4n) is 3.87. The Kier molecular flexibility index (Phi) is 11.9. The highest BCUT2D eigenvalue weighted by Gasteiger charge is 2.26. The summed E-state index contributed by atoms with van der Waals surface area (Å²) < 4.78 is 5.42. The van der Waals surface area contributed by atoms with Crippen molar-refractivity contribution in [1.29, 1.82) is 0 Å². The van der Waals surface area contributed by atoms with Crippen molar-refractivity contribution in [3.63, 3.8) is 0 Å². The van der Waals surface area contributed by atoms with Gasteiger partial charge in [-0.25, -0.2) is 15.0 Å². The number of anilines is 1. The quantitative estimate of drug-likeness (QED) is 0.320. The molecule has 2 aromatic heterocycles. The number of pyridine rings is 1. The van der Waals surface area contributed by atoms with Crippen LogP contribution in [0.3, 0.4) is 0 Å². The molecule has 3 aromatic rings. The molecule has 1 aromatic carbocycles. The minimum absolute atomic E-state index is 0. The number of aliphatic imine (C=N–C) groups is 1. The molecule has 0 saturated heterocycles. The summed E-state index contributed by atoms with van der Waals surface area (Å²) in [6.07, 6.45) is 9.66. The summed E-state index contributed by atoms with van der Waals surface area (Å²) in [5, 5.41) is 4.49. The molecule has 0 aliphatic heterocycles. The Morgan fingerprint density at radius 1 is 1.06 bits per heavy atom. The van der Waals surface area contributed by atoms with Crippen LogP contribution in [0.1, 0.15) is 37.2 Å². The molecule has 1 aliphatic rings. The third-order valence-corrected chi connectivity index (χ3v) is 5.38. The number of nitrogens with zero attached hydrogens (tertiary/aromatic N) is 4. The molecule has 34 heavy (non-hydrogen) atoms. The first-order chi connectivity index (χ1) is 15.1. The maximum absolute atomic E-state index is 5.67. The van der Waals surface area contributed by atoms with Crippen molar-refractivity contribution in [3.8, 4) is 5.75 Å². The van der Waals surface area contributed by atoms with Crippen molar-refractivity contribution in [2.24, 2.45) is 16.5 Å². The molecule has 5 N–H and O–H groups in total. The van der Waals surface area contributed by atoms with Crippen molar-refractivity contribution in [1.82, 2.24) is 15.0 Å². The summed E-state index contributed by atoms with van der Waals surface area (Å²) in [7, 11) is 1.65. The number of aromatic nitrogens is 3. The predicted molar refractivity (Wildman–Crippen MR) is 146 cm³/mol. The van der Waals surface area contributed by atoms with E-state index in [2.05, 4.69) is 15.3 Å². The molecule has 2 heterocycles. The highest BCUT2D eigenvalue weighted by atomic mass is 35.5. The number of guanidine groups is 1. The standard InChI is InChI=1S/C23H27N7O.3ClH/c1-31-16-10-11-18-17(14-16)22(28-19-7-2-3-8-20(19)29-23(24)25)30-21(27-18)12-9-15-6-4-5-13-26-15;;;/h4-6,9-14,19-20H,2-3,7-8H2,1H3,(H4,24,25,29)(H,27,28,30);3*1H/b12-9-;;;/t19-,20+;;;/m1.../s1. The van der Waals surface area contributed by atoms with Crippen LogP contribution in [0.15, 0.2) is 47.6 Å². The second kappa shape index (κ2) is 13.8. The van der Waals surface area contributed by atoms with Gasteiger partial charge in [0.2, 0.25) is 0 Å². The lowest BCUT2D eigenvalue weighted by Crippen LogP contribution is -2.38. The van der Waals surface area contributed by atoms with Gasteiger partial charge in [0, 0.05) is 11.6 Å². The molecule has 2 atom stereocenters. The Bertz CT molecular complexity index is 1110. The van der Waals surface area contributed by atoms with Crippen molar-refractivity contribution in [2.75, 3.05) is 12.4 Å². The smallest absolute Gasteiger partial charge is 0.186 e. The summed E-state index contributed by atoms with van der Waals surface area (Å²) in [4.78, 5) is 18.3. The average molecular weight is 527 g/mol. The third kappa shape index (κ3) is 7.35. The molecule has 0 unspecified atom stereocenters. The number of halogens is 3. The van der Waals surface area contributed by atoms with Gasteiger partial charge in [-0.3, -0.25) is 4.98 Å². The zero-order chi connectivity index (χ0) is 21.6. The highest BCUT2D eigenvalue weighted by molar-refractivity contribution is 5.91. The van der Waals surface area contributed by atoms with Gasteiger partial charge in [0.25, 0.3) is 0 Å². The number of hydrogen-bond donors (Lipinski definition) is 3. The third-order valence-electron chi connectivity index (χ3n) is 5.38. The summed E-state index contributed by atoms with van der Waals surface area (Å²) in [6, 6.07) is 11.7. The first-order valence-corrected chi connectivity index (χ1v) is 10.4. The zero-order valence-corrected chi connectivity index (χ0v) is 21.2. The number of nitrogens with two attached hydrogens (primary N) is 2. The zero-order valence-electron chi connectivity index (χ0n) is 18.8. The molecule has 1 fully saturated rings. The number of ether oxygens (including phenoxy) is 1. The Morgan fingerprint density at radius 2 is 1.85 bits per heavy atom. The monoisotopic (exact) mass is 525 g/mol. The Labute approximate surface area is 217 Å². The van der Waals surface area contributed by atoms with E-state index in [1.54, 1.807) is 13.3 Å². The fourth-order valence-corrected chi connectivity index (χ4v) is 3.87. The number of hydrogen-bond acceptors (Lipinski definition) is 6. The molecular formula is C23H30Cl3N7O. The van der Waals surface area contributed by atoms with Gasteiger partial charge in [0.15, 0.2) is 11.8 Å². The molecule has 0 spiro atoms. The van der Waals surface area contributed by atoms with Crippen LogP contribution in [0.5, 0.6) is 5.75 Å². The maximum Gasteiger partial charge on any atom is 0.186 e. The van der Waals surface area contributed by atoms with Crippen molar-refractivity contribution in [3.05, 3.63) is 54.1 Å². The Balaban J connectivity index is 0.00000193. The minimum Gasteiger partial charge on any atom is -0.497 e. The predicted octanol–water partition coefficient (Wildman–Crippen LogP) is 4.47. The molecule has 184 valence electrons. The normalized spacial score (nSPS) is 17.1. The van der Waals surface area contributed by atoms with Crippen LogP contribution in [-0.4, -0.2) is 40.1 Å². The topological polar surface area (TPSA) is 124 Å². The van der Waals surface area contributed by atoms with Gasteiger partial charge in [0.05, 0.1) is 30.4 Å². The summed E-state index contributed by atoms with van der Waals surface area (Å²) in [5.74, 6) is 2.21. The second-order valence-corrected chi connectivity index (χ2v) is 7.56. The largest absolute Gasteiger partial charge is 0.497 e. The van der Waals surface area contributed by atoms with Crippen LogP contribution < -0.4 is 21.5 Å². The van der Waals surface area contributed by atoms with Crippen molar-refractivity contribution < 1.29 is 4.74 Å². The second-order valence-electron chi connectivity index (χ2n) is 7.56. The molecule has 4 rings (SSSR count). The first kappa shape index (κ1) is 29.2. The summed E-state index contributed by atoms with van der Waals surface area (Å²) >= 11 is 0. The molecule has 1 saturated carbocycles. The summed E-state index contributed by atoms with van der Waals surface area (Å²) in [5.41, 5.74) is 13.0. The highest BCUT2D eigenvalue weighted by Crippen LogP contribution is 2.29. The number of nitrogens with one attached hydrogen (secondary N) is 1. The van der Waals surface area contributed by atoms with E-state index in [0.717, 1.165) is 53.8 Å². The average Bonchev–Trinajstić information content (AvgIpc) is 2.79. The molecule has 11 heteroatoms. The van der Waals surface area contributed by atoms with E-state index >= 15 is 0 Å². The van der Waals surface area contributed by atoms with Crippen LogP contribution in [-0.2, 0) is 0 Å². The number of rotatable bonds is 6. The van der Waals surface area contributed by atoms with Gasteiger partial charge in [-0.15, -0.1) is 37.2 Å². The maximum atomic E-state index is 5.67. The fraction of sp³-hybridized carbons (Fsp3) is 0.304. The number of benzene rings is 1. The van der Waals surface area contributed by atoms with E-state index in [-0.39, 0.29) is 55.3 Å². The molecular weight excluding hydrogens is 497 g/mol.